The van der Waals surface area contributed by atoms with Gasteiger partial charge in [-0.15, -0.1) is 12.4 Å². The van der Waals surface area contributed by atoms with Gasteiger partial charge in [0.2, 0.25) is 0 Å². The number of hydrogen-bond donors (Lipinski definition) is 2. The van der Waals surface area contributed by atoms with Crippen molar-refractivity contribution in [1.82, 2.24) is 0 Å². The number of rotatable bonds is 4. The van der Waals surface area contributed by atoms with Crippen LogP contribution in [0.4, 0.5) is 11.4 Å². The number of nitrogens with one attached hydrogen (secondary N) is 2. The van der Waals surface area contributed by atoms with Crippen molar-refractivity contribution in [2.75, 3.05) is 24.3 Å². The van der Waals surface area contributed by atoms with Crippen molar-refractivity contribution < 1.29 is 9.53 Å². The fourth-order valence-corrected chi connectivity index (χ4v) is 2.83. The summed E-state index contributed by atoms with van der Waals surface area (Å²) in [5.41, 5.74) is 4.77. The molecule has 0 saturated heterocycles. The van der Waals surface area contributed by atoms with Crippen molar-refractivity contribution in [3.63, 3.8) is 0 Å². The summed E-state index contributed by atoms with van der Waals surface area (Å²) in [6.07, 6.45) is 2.00. The summed E-state index contributed by atoms with van der Waals surface area (Å²) in [7, 11) is 1.66. The van der Waals surface area contributed by atoms with Crippen LogP contribution in [0, 0.1) is 0 Å². The number of carbonyl (C=O) groups excluding carboxylic acids is 1. The van der Waals surface area contributed by atoms with Gasteiger partial charge >= 0.3 is 0 Å². The molecule has 122 valence electrons. The van der Waals surface area contributed by atoms with E-state index < -0.39 is 0 Å². The normalized spacial score (nSPS) is 12.6. The minimum absolute atomic E-state index is 0. The zero-order valence-electron chi connectivity index (χ0n) is 13.1. The molecule has 2 N–H and O–H groups in total. The standard InChI is InChI=1S/C18H20N2O2.ClH/c1-22-12-13-5-2-6-14(11-13)20-18(21)16-7-3-9-17-15(16)8-4-10-19-17;/h2-3,5-7,9,11,19H,4,8,10,12H2,1H3,(H,20,21);1H. The van der Waals surface area contributed by atoms with Crippen molar-refractivity contribution in [1.29, 1.82) is 0 Å². The highest BCUT2D eigenvalue weighted by Gasteiger charge is 2.17. The zero-order valence-corrected chi connectivity index (χ0v) is 13.9. The zero-order chi connectivity index (χ0) is 15.4. The first kappa shape index (κ1) is 17.3. The van der Waals surface area contributed by atoms with Crippen LogP contribution in [-0.4, -0.2) is 19.6 Å². The Balaban J connectivity index is 0.00000192. The lowest BCUT2D eigenvalue weighted by molar-refractivity contribution is 0.102. The van der Waals surface area contributed by atoms with E-state index in [0.29, 0.717) is 6.61 Å². The molecule has 0 atom stereocenters. The number of amides is 1. The summed E-state index contributed by atoms with van der Waals surface area (Å²) in [6.45, 7) is 1.51. The van der Waals surface area contributed by atoms with E-state index in [1.807, 2.05) is 42.5 Å². The van der Waals surface area contributed by atoms with Gasteiger partial charge in [0, 0.05) is 30.6 Å². The lowest BCUT2D eigenvalue weighted by Crippen LogP contribution is -2.19. The third kappa shape index (κ3) is 4.03. The Morgan fingerprint density at radius 3 is 2.91 bits per heavy atom. The molecule has 1 aliphatic rings. The number of carbonyl (C=O) groups is 1. The molecule has 23 heavy (non-hydrogen) atoms. The first-order chi connectivity index (χ1) is 10.8. The second-order valence-electron chi connectivity index (χ2n) is 5.45. The molecule has 0 spiro atoms. The Labute approximate surface area is 142 Å². The number of hydrogen-bond acceptors (Lipinski definition) is 3. The van der Waals surface area contributed by atoms with Crippen LogP contribution in [0.5, 0.6) is 0 Å². The molecule has 0 radical (unpaired) electrons. The van der Waals surface area contributed by atoms with Crippen LogP contribution in [0.15, 0.2) is 42.5 Å². The molecule has 0 fully saturated rings. The van der Waals surface area contributed by atoms with Gasteiger partial charge in [-0.05, 0) is 48.2 Å². The maximum atomic E-state index is 12.6. The van der Waals surface area contributed by atoms with Gasteiger partial charge in [-0.3, -0.25) is 4.79 Å². The molecular weight excluding hydrogens is 312 g/mol. The van der Waals surface area contributed by atoms with Gasteiger partial charge in [0.1, 0.15) is 0 Å². The van der Waals surface area contributed by atoms with Crippen molar-refractivity contribution in [3.8, 4) is 0 Å². The van der Waals surface area contributed by atoms with Crippen LogP contribution in [0.25, 0.3) is 0 Å². The Morgan fingerprint density at radius 1 is 1.26 bits per heavy atom. The number of methoxy groups -OCH3 is 1. The van der Waals surface area contributed by atoms with Gasteiger partial charge in [0.25, 0.3) is 5.91 Å². The molecule has 0 aromatic heterocycles. The molecule has 1 heterocycles. The fourth-order valence-electron chi connectivity index (χ4n) is 2.83. The van der Waals surface area contributed by atoms with Crippen LogP contribution in [0.3, 0.4) is 0 Å². The smallest absolute Gasteiger partial charge is 0.256 e. The van der Waals surface area contributed by atoms with Crippen molar-refractivity contribution in [3.05, 3.63) is 59.2 Å². The third-order valence-electron chi connectivity index (χ3n) is 3.84. The van der Waals surface area contributed by atoms with E-state index >= 15 is 0 Å². The van der Waals surface area contributed by atoms with Crippen molar-refractivity contribution in [2.24, 2.45) is 0 Å². The van der Waals surface area contributed by atoms with Crippen LogP contribution < -0.4 is 10.6 Å². The summed E-state index contributed by atoms with van der Waals surface area (Å²) in [5, 5.41) is 6.34. The molecule has 2 aromatic carbocycles. The Bertz CT molecular complexity index is 688. The first-order valence-electron chi connectivity index (χ1n) is 7.53. The van der Waals surface area contributed by atoms with Gasteiger partial charge in [0.15, 0.2) is 0 Å². The van der Waals surface area contributed by atoms with E-state index in [-0.39, 0.29) is 18.3 Å². The number of ether oxygens (including phenoxy) is 1. The van der Waals surface area contributed by atoms with E-state index in [0.717, 1.165) is 47.5 Å². The van der Waals surface area contributed by atoms with Crippen molar-refractivity contribution >= 4 is 29.7 Å². The summed E-state index contributed by atoms with van der Waals surface area (Å²) >= 11 is 0. The average molecular weight is 333 g/mol. The van der Waals surface area contributed by atoms with E-state index in [1.54, 1.807) is 7.11 Å². The van der Waals surface area contributed by atoms with Gasteiger partial charge in [0.05, 0.1) is 6.61 Å². The topological polar surface area (TPSA) is 50.4 Å². The summed E-state index contributed by atoms with van der Waals surface area (Å²) < 4.78 is 5.13. The minimum Gasteiger partial charge on any atom is -0.385 e. The fraction of sp³-hybridized carbons (Fsp3) is 0.278. The second kappa shape index (κ2) is 7.99. The number of anilines is 2. The lowest BCUT2D eigenvalue weighted by atomic mass is 9.97. The molecule has 5 heteroatoms. The molecule has 0 bridgehead atoms. The van der Waals surface area contributed by atoms with Gasteiger partial charge < -0.3 is 15.4 Å². The molecule has 3 rings (SSSR count). The highest BCUT2D eigenvalue weighted by atomic mass is 35.5. The maximum Gasteiger partial charge on any atom is 0.256 e. The quantitative estimate of drug-likeness (QED) is 0.893. The minimum atomic E-state index is -0.0601. The Hall–Kier alpha value is -2.04. The molecule has 0 unspecified atom stereocenters. The summed E-state index contributed by atoms with van der Waals surface area (Å²) in [5.74, 6) is -0.0601. The SMILES string of the molecule is COCc1cccc(NC(=O)c2cccc3c2CCCN3)c1.Cl. The van der Waals surface area contributed by atoms with Crippen molar-refractivity contribution in [2.45, 2.75) is 19.4 Å². The van der Waals surface area contributed by atoms with Gasteiger partial charge in [-0.1, -0.05) is 18.2 Å². The molecule has 1 amide bonds. The summed E-state index contributed by atoms with van der Waals surface area (Å²) in [4.78, 5) is 12.6. The third-order valence-corrected chi connectivity index (χ3v) is 3.84. The molecule has 0 aliphatic carbocycles. The molecule has 0 saturated carbocycles. The van der Waals surface area contributed by atoms with E-state index in [4.69, 9.17) is 4.74 Å². The highest BCUT2D eigenvalue weighted by Crippen LogP contribution is 2.26. The predicted octanol–water partition coefficient (Wildman–Crippen LogP) is 3.87. The van der Waals surface area contributed by atoms with E-state index in [2.05, 4.69) is 10.6 Å². The predicted molar refractivity (Wildman–Crippen MR) is 95.6 cm³/mol. The lowest BCUT2D eigenvalue weighted by Gasteiger charge is -2.20. The van der Waals surface area contributed by atoms with Crippen LogP contribution in [0.2, 0.25) is 0 Å². The van der Waals surface area contributed by atoms with E-state index in [1.165, 1.54) is 0 Å². The second-order valence-corrected chi connectivity index (χ2v) is 5.45. The number of fused-ring (bicyclic) bond motifs is 1. The van der Waals surface area contributed by atoms with Crippen LogP contribution in [-0.2, 0) is 17.8 Å². The van der Waals surface area contributed by atoms with Crippen LogP contribution >= 0.6 is 12.4 Å². The number of halogens is 1. The highest BCUT2D eigenvalue weighted by molar-refractivity contribution is 6.06. The van der Waals surface area contributed by atoms with Gasteiger partial charge in [-0.2, -0.15) is 0 Å². The number of benzene rings is 2. The maximum absolute atomic E-state index is 12.6. The van der Waals surface area contributed by atoms with Gasteiger partial charge in [-0.25, -0.2) is 0 Å². The Morgan fingerprint density at radius 2 is 2.09 bits per heavy atom. The van der Waals surface area contributed by atoms with E-state index in [9.17, 15) is 4.79 Å². The Kier molecular flexibility index (Phi) is 6.02. The molecule has 4 nitrogen and oxygen atoms in total. The molecule has 1 aliphatic heterocycles. The summed E-state index contributed by atoms with van der Waals surface area (Å²) in [6, 6.07) is 13.6. The average Bonchev–Trinajstić information content (AvgIpc) is 2.55. The van der Waals surface area contributed by atoms with Crippen LogP contribution in [0.1, 0.15) is 27.9 Å². The molecular formula is C18H21ClN2O2. The molecule has 2 aromatic rings. The monoisotopic (exact) mass is 332 g/mol. The largest absolute Gasteiger partial charge is 0.385 e. The first-order valence-corrected chi connectivity index (χ1v) is 7.53.